The van der Waals surface area contributed by atoms with Gasteiger partial charge in [-0.2, -0.15) is 5.26 Å². The summed E-state index contributed by atoms with van der Waals surface area (Å²) >= 11 is 11.6. The Hall–Kier alpha value is -3.01. The van der Waals surface area contributed by atoms with Crippen molar-refractivity contribution in [2.75, 3.05) is 5.32 Å². The van der Waals surface area contributed by atoms with Gasteiger partial charge in [-0.15, -0.1) is 0 Å². The van der Waals surface area contributed by atoms with E-state index in [0.717, 1.165) is 0 Å². The maximum absolute atomic E-state index is 12.2. The van der Waals surface area contributed by atoms with Gasteiger partial charge < -0.3 is 15.5 Å². The van der Waals surface area contributed by atoms with Crippen molar-refractivity contribution in [2.45, 2.75) is 0 Å². The lowest BCUT2D eigenvalue weighted by Gasteiger charge is -2.06. The number of hydrogen-bond acceptors (Lipinski definition) is 4. The van der Waals surface area contributed by atoms with Gasteiger partial charge >= 0.3 is 5.97 Å². The second-order valence-corrected chi connectivity index (χ2v) is 5.66. The van der Waals surface area contributed by atoms with E-state index in [2.05, 4.69) is 5.32 Å². The van der Waals surface area contributed by atoms with E-state index in [1.54, 1.807) is 6.07 Å². The van der Waals surface area contributed by atoms with Crippen LogP contribution in [0.4, 0.5) is 5.69 Å². The van der Waals surface area contributed by atoms with Gasteiger partial charge in [0.15, 0.2) is 5.75 Å². The van der Waals surface area contributed by atoms with E-state index >= 15 is 0 Å². The fourth-order valence-electron chi connectivity index (χ4n) is 1.91. The fourth-order valence-corrected chi connectivity index (χ4v) is 2.42. The molecule has 0 aromatic heterocycles. The number of carbonyl (C=O) groups excluding carboxylic acids is 1. The number of phenolic OH excluding ortho intramolecular Hbond substituents is 1. The molecule has 3 N–H and O–H groups in total. The molecule has 0 aliphatic heterocycles. The van der Waals surface area contributed by atoms with E-state index in [4.69, 9.17) is 28.3 Å². The van der Waals surface area contributed by atoms with Crippen LogP contribution in [-0.2, 0) is 4.79 Å². The summed E-state index contributed by atoms with van der Waals surface area (Å²) < 4.78 is 0. The van der Waals surface area contributed by atoms with Crippen LogP contribution in [0, 0.1) is 11.3 Å². The van der Waals surface area contributed by atoms with Crippen LogP contribution >= 0.6 is 23.2 Å². The van der Waals surface area contributed by atoms with E-state index in [1.807, 2.05) is 0 Å². The molecule has 0 saturated carbocycles. The minimum atomic E-state index is -1.14. The molecule has 25 heavy (non-hydrogen) atoms. The first kappa shape index (κ1) is 18.3. The number of carboxylic acid groups (broad SMARTS) is 1. The normalized spacial score (nSPS) is 10.8. The summed E-state index contributed by atoms with van der Waals surface area (Å²) in [5.74, 6) is -2.17. The number of nitriles is 1. The molecular formula is C17H10Cl2N2O4. The van der Waals surface area contributed by atoms with Gasteiger partial charge in [-0.25, -0.2) is 4.79 Å². The first-order valence-electron chi connectivity index (χ1n) is 6.76. The molecule has 2 aromatic carbocycles. The zero-order valence-corrected chi connectivity index (χ0v) is 14.0. The number of phenols is 1. The van der Waals surface area contributed by atoms with Gasteiger partial charge in [0.1, 0.15) is 11.6 Å². The van der Waals surface area contributed by atoms with Crippen molar-refractivity contribution < 1.29 is 19.8 Å². The molecule has 2 rings (SSSR count). The summed E-state index contributed by atoms with van der Waals surface area (Å²) in [5.41, 5.74) is 0.322. The van der Waals surface area contributed by atoms with Gasteiger partial charge in [-0.05, 0) is 42.0 Å². The summed E-state index contributed by atoms with van der Waals surface area (Å²) in [5, 5.41) is 30.0. The lowest BCUT2D eigenvalue weighted by atomic mass is 10.1. The van der Waals surface area contributed by atoms with E-state index in [-0.39, 0.29) is 32.6 Å². The van der Waals surface area contributed by atoms with E-state index in [9.17, 15) is 20.0 Å². The second kappa shape index (κ2) is 7.71. The maximum Gasteiger partial charge on any atom is 0.335 e. The highest BCUT2D eigenvalue weighted by molar-refractivity contribution is 6.37. The minimum absolute atomic E-state index is 0.00242. The Morgan fingerprint density at radius 3 is 2.36 bits per heavy atom. The van der Waals surface area contributed by atoms with E-state index in [0.29, 0.717) is 5.56 Å². The lowest BCUT2D eigenvalue weighted by molar-refractivity contribution is -0.112. The van der Waals surface area contributed by atoms with Crippen LogP contribution in [0.3, 0.4) is 0 Å². The number of nitrogens with zero attached hydrogens (tertiary/aromatic N) is 1. The molecule has 126 valence electrons. The van der Waals surface area contributed by atoms with E-state index < -0.39 is 11.9 Å². The van der Waals surface area contributed by atoms with Gasteiger partial charge in [0.05, 0.1) is 15.6 Å². The number of hydrogen-bond donors (Lipinski definition) is 3. The van der Waals surface area contributed by atoms with Gasteiger partial charge in [-0.1, -0.05) is 29.3 Å². The van der Waals surface area contributed by atoms with Crippen molar-refractivity contribution in [2.24, 2.45) is 0 Å². The Morgan fingerprint density at radius 2 is 1.80 bits per heavy atom. The third kappa shape index (κ3) is 4.51. The highest BCUT2D eigenvalue weighted by Crippen LogP contribution is 2.33. The van der Waals surface area contributed by atoms with Crippen molar-refractivity contribution in [1.29, 1.82) is 5.26 Å². The molecule has 2 aromatic rings. The summed E-state index contributed by atoms with van der Waals surface area (Å²) in [6, 6.07) is 10.0. The minimum Gasteiger partial charge on any atom is -0.505 e. The maximum atomic E-state index is 12.2. The van der Waals surface area contributed by atoms with Crippen LogP contribution in [-0.4, -0.2) is 22.1 Å². The number of benzene rings is 2. The van der Waals surface area contributed by atoms with Gasteiger partial charge in [0.25, 0.3) is 5.91 Å². The standard InChI is InChI=1S/C17H10Cl2N2O4/c18-13-5-9(6-14(19)15(13)22)4-11(8-20)16(23)21-12-3-1-2-10(7-12)17(24)25/h1-7,22H,(H,21,23)(H,24,25)/b11-4-. The monoisotopic (exact) mass is 376 g/mol. The van der Waals surface area contributed by atoms with Gasteiger partial charge in [0, 0.05) is 5.69 Å². The second-order valence-electron chi connectivity index (χ2n) is 4.84. The first-order chi connectivity index (χ1) is 11.8. The molecule has 0 heterocycles. The number of carbonyl (C=O) groups is 2. The number of halogens is 2. The predicted octanol–water partition coefficient (Wildman–Crippen LogP) is 3.94. The molecule has 0 atom stereocenters. The first-order valence-corrected chi connectivity index (χ1v) is 7.52. The topological polar surface area (TPSA) is 110 Å². The molecule has 0 saturated heterocycles. The SMILES string of the molecule is N#C/C(=C/c1cc(Cl)c(O)c(Cl)c1)C(=O)Nc1cccc(C(=O)O)c1. The van der Waals surface area contributed by atoms with Crippen LogP contribution in [0.2, 0.25) is 10.0 Å². The number of anilines is 1. The van der Waals surface area contributed by atoms with Crippen LogP contribution in [0.1, 0.15) is 15.9 Å². The third-order valence-corrected chi connectivity index (χ3v) is 3.66. The highest BCUT2D eigenvalue weighted by Gasteiger charge is 2.12. The molecule has 0 aliphatic carbocycles. The molecule has 0 bridgehead atoms. The molecule has 8 heteroatoms. The zero-order valence-electron chi connectivity index (χ0n) is 12.5. The zero-order chi connectivity index (χ0) is 18.6. The fraction of sp³-hybridized carbons (Fsp3) is 0. The van der Waals surface area contributed by atoms with Crippen LogP contribution < -0.4 is 5.32 Å². The number of rotatable bonds is 4. The summed E-state index contributed by atoms with van der Waals surface area (Å²) in [6.45, 7) is 0. The average Bonchev–Trinajstić information content (AvgIpc) is 2.57. The van der Waals surface area contributed by atoms with E-state index in [1.165, 1.54) is 42.5 Å². The van der Waals surface area contributed by atoms with Gasteiger partial charge in [-0.3, -0.25) is 4.79 Å². The predicted molar refractivity (Wildman–Crippen MR) is 93.7 cm³/mol. The smallest absolute Gasteiger partial charge is 0.335 e. The van der Waals surface area contributed by atoms with Crippen molar-refractivity contribution in [3.8, 4) is 11.8 Å². The molecule has 1 amide bonds. The number of aromatic hydroxyl groups is 1. The average molecular weight is 377 g/mol. The van der Waals surface area contributed by atoms with Crippen LogP contribution in [0.15, 0.2) is 42.0 Å². The van der Waals surface area contributed by atoms with Crippen molar-refractivity contribution in [3.63, 3.8) is 0 Å². The number of carboxylic acids is 1. The molecule has 0 fully saturated rings. The number of aromatic carboxylic acids is 1. The highest BCUT2D eigenvalue weighted by atomic mass is 35.5. The largest absolute Gasteiger partial charge is 0.505 e. The Kier molecular flexibility index (Phi) is 5.65. The molecule has 0 radical (unpaired) electrons. The molecule has 6 nitrogen and oxygen atoms in total. The van der Waals surface area contributed by atoms with Gasteiger partial charge in [0.2, 0.25) is 0 Å². The number of amides is 1. The quantitative estimate of drug-likeness (QED) is 0.552. The van der Waals surface area contributed by atoms with Crippen molar-refractivity contribution >= 4 is 46.8 Å². The van der Waals surface area contributed by atoms with Crippen molar-refractivity contribution in [3.05, 3.63) is 63.1 Å². The number of nitrogens with one attached hydrogen (secondary N) is 1. The Morgan fingerprint density at radius 1 is 1.16 bits per heavy atom. The Labute approximate surface area is 152 Å². The third-order valence-electron chi connectivity index (χ3n) is 3.08. The molecule has 0 aliphatic rings. The lowest BCUT2D eigenvalue weighted by Crippen LogP contribution is -2.13. The molecular weight excluding hydrogens is 367 g/mol. The Bertz CT molecular complexity index is 909. The molecule has 0 unspecified atom stereocenters. The molecule has 0 spiro atoms. The summed E-state index contributed by atoms with van der Waals surface area (Å²) in [7, 11) is 0. The van der Waals surface area contributed by atoms with Crippen molar-refractivity contribution in [1.82, 2.24) is 0 Å². The summed E-state index contributed by atoms with van der Waals surface area (Å²) in [6.07, 6.45) is 1.24. The van der Waals surface area contributed by atoms with Crippen LogP contribution in [0.5, 0.6) is 5.75 Å². The Balaban J connectivity index is 2.29. The van der Waals surface area contributed by atoms with Crippen LogP contribution in [0.25, 0.3) is 6.08 Å². The summed E-state index contributed by atoms with van der Waals surface area (Å²) in [4.78, 5) is 23.1.